The van der Waals surface area contributed by atoms with Crippen LogP contribution in [0.1, 0.15) is 12.5 Å². The van der Waals surface area contributed by atoms with E-state index in [1.807, 2.05) is 6.07 Å². The van der Waals surface area contributed by atoms with Crippen molar-refractivity contribution in [2.45, 2.75) is 6.92 Å². The number of carbonyl (C=O) groups excluding carboxylic acids is 1. The quantitative estimate of drug-likeness (QED) is 0.407. The fourth-order valence-corrected chi connectivity index (χ4v) is 2.37. The molecule has 6 heteroatoms. The molecule has 0 atom stereocenters. The summed E-state index contributed by atoms with van der Waals surface area (Å²) in [6.45, 7) is 1.86. The summed E-state index contributed by atoms with van der Waals surface area (Å²) in [7, 11) is 0. The molecule has 0 spiro atoms. The van der Waals surface area contributed by atoms with Crippen molar-refractivity contribution in [2.75, 3.05) is 6.61 Å². The number of esters is 1. The summed E-state index contributed by atoms with van der Waals surface area (Å²) >= 11 is 0. The van der Waals surface area contributed by atoms with Gasteiger partial charge in [-0.15, -0.1) is 0 Å². The van der Waals surface area contributed by atoms with Gasteiger partial charge in [-0.05, 0) is 55.0 Å². The molecule has 0 aliphatic carbocycles. The molecule has 0 aliphatic heterocycles. The molecule has 0 amide bonds. The Kier molecular flexibility index (Phi) is 4.57. The predicted molar refractivity (Wildman–Crippen MR) is 89.6 cm³/mol. The number of benzene rings is 2. The molecular formula is C19H13FN2O3. The Labute approximate surface area is 142 Å². The van der Waals surface area contributed by atoms with E-state index in [0.29, 0.717) is 27.8 Å². The SMILES string of the molecule is CCOC(=O)/C(C#N)=C\c1ccc2noc(-c3ccc(F)cc3)c2c1. The second-order valence-corrected chi connectivity index (χ2v) is 5.19. The second-order valence-electron chi connectivity index (χ2n) is 5.19. The van der Waals surface area contributed by atoms with Crippen molar-refractivity contribution in [3.05, 3.63) is 59.4 Å². The number of aromatic nitrogens is 1. The Balaban J connectivity index is 2.05. The van der Waals surface area contributed by atoms with E-state index in [2.05, 4.69) is 5.16 Å². The molecule has 0 aliphatic rings. The largest absolute Gasteiger partial charge is 0.462 e. The lowest BCUT2D eigenvalue weighted by molar-refractivity contribution is -0.137. The van der Waals surface area contributed by atoms with E-state index in [4.69, 9.17) is 14.5 Å². The van der Waals surface area contributed by atoms with E-state index in [1.54, 1.807) is 37.3 Å². The molecule has 2 aromatic carbocycles. The smallest absolute Gasteiger partial charge is 0.348 e. The molecule has 0 saturated heterocycles. The molecule has 0 bridgehead atoms. The van der Waals surface area contributed by atoms with Crippen molar-refractivity contribution in [1.29, 1.82) is 5.26 Å². The van der Waals surface area contributed by atoms with Gasteiger partial charge in [0.2, 0.25) is 0 Å². The van der Waals surface area contributed by atoms with E-state index in [9.17, 15) is 9.18 Å². The zero-order chi connectivity index (χ0) is 17.8. The number of nitrogens with zero attached hydrogens (tertiary/aromatic N) is 2. The number of nitriles is 1. The van der Waals surface area contributed by atoms with Crippen LogP contribution in [0.3, 0.4) is 0 Å². The Bertz CT molecular complexity index is 998. The summed E-state index contributed by atoms with van der Waals surface area (Å²) in [4.78, 5) is 11.7. The fourth-order valence-electron chi connectivity index (χ4n) is 2.37. The molecule has 0 saturated carbocycles. The van der Waals surface area contributed by atoms with Crippen LogP contribution in [0.25, 0.3) is 28.3 Å². The molecule has 25 heavy (non-hydrogen) atoms. The molecule has 0 radical (unpaired) electrons. The average molecular weight is 336 g/mol. The molecule has 3 rings (SSSR count). The van der Waals surface area contributed by atoms with Crippen LogP contribution in [0.15, 0.2) is 52.6 Å². The van der Waals surface area contributed by atoms with Gasteiger partial charge < -0.3 is 9.26 Å². The maximum atomic E-state index is 13.1. The minimum Gasteiger partial charge on any atom is -0.462 e. The van der Waals surface area contributed by atoms with Crippen LogP contribution in [0, 0.1) is 17.1 Å². The summed E-state index contributed by atoms with van der Waals surface area (Å²) in [5.41, 5.74) is 1.83. The van der Waals surface area contributed by atoms with Crippen LogP contribution in [-0.2, 0) is 9.53 Å². The van der Waals surface area contributed by atoms with E-state index in [1.165, 1.54) is 18.2 Å². The van der Waals surface area contributed by atoms with Crippen LogP contribution in [0.5, 0.6) is 0 Å². The molecule has 0 unspecified atom stereocenters. The lowest BCUT2D eigenvalue weighted by atomic mass is 10.0. The van der Waals surface area contributed by atoms with E-state index in [-0.39, 0.29) is 18.0 Å². The lowest BCUT2D eigenvalue weighted by Gasteiger charge is -2.01. The van der Waals surface area contributed by atoms with Crippen molar-refractivity contribution in [1.82, 2.24) is 5.16 Å². The normalized spacial score (nSPS) is 11.3. The van der Waals surface area contributed by atoms with Crippen LogP contribution >= 0.6 is 0 Å². The second kappa shape index (κ2) is 6.97. The maximum Gasteiger partial charge on any atom is 0.348 e. The predicted octanol–water partition coefficient (Wildman–Crippen LogP) is 4.10. The highest BCUT2D eigenvalue weighted by Crippen LogP contribution is 2.30. The maximum absolute atomic E-state index is 13.1. The van der Waals surface area contributed by atoms with E-state index >= 15 is 0 Å². The minimum atomic E-state index is -0.672. The van der Waals surface area contributed by atoms with Crippen molar-refractivity contribution in [3.63, 3.8) is 0 Å². The Morgan fingerprint density at radius 1 is 1.32 bits per heavy atom. The Hall–Kier alpha value is -3.46. The topological polar surface area (TPSA) is 76.1 Å². The lowest BCUT2D eigenvalue weighted by Crippen LogP contribution is -2.05. The first-order valence-corrected chi connectivity index (χ1v) is 7.56. The summed E-state index contributed by atoms with van der Waals surface area (Å²) in [5.74, 6) is -0.529. The van der Waals surface area contributed by atoms with Gasteiger partial charge in [-0.1, -0.05) is 11.2 Å². The van der Waals surface area contributed by atoms with Gasteiger partial charge in [0.25, 0.3) is 0 Å². The van der Waals surface area contributed by atoms with Gasteiger partial charge in [-0.2, -0.15) is 5.26 Å². The first-order chi connectivity index (χ1) is 12.1. The number of hydrogen-bond donors (Lipinski definition) is 0. The standard InChI is InChI=1S/C19H13FN2O3/c1-2-24-19(23)14(11-21)9-12-3-8-17-16(10-12)18(25-22-17)13-4-6-15(20)7-5-13/h3-10H,2H2,1H3/b14-9-. The summed E-state index contributed by atoms with van der Waals surface area (Å²) in [5, 5.41) is 13.8. The van der Waals surface area contributed by atoms with Gasteiger partial charge in [0.15, 0.2) is 5.76 Å². The molecule has 0 N–H and O–H groups in total. The third-order valence-electron chi connectivity index (χ3n) is 3.53. The van der Waals surface area contributed by atoms with Gasteiger partial charge in [-0.25, -0.2) is 9.18 Å². The van der Waals surface area contributed by atoms with Gasteiger partial charge >= 0.3 is 5.97 Å². The highest BCUT2D eigenvalue weighted by molar-refractivity contribution is 5.99. The Morgan fingerprint density at radius 2 is 2.08 bits per heavy atom. The third kappa shape index (κ3) is 3.40. The highest BCUT2D eigenvalue weighted by Gasteiger charge is 2.13. The number of hydrogen-bond acceptors (Lipinski definition) is 5. The van der Waals surface area contributed by atoms with E-state index < -0.39 is 5.97 Å². The third-order valence-corrected chi connectivity index (χ3v) is 3.53. The van der Waals surface area contributed by atoms with Gasteiger partial charge in [0.1, 0.15) is 23.0 Å². The number of fused-ring (bicyclic) bond motifs is 1. The summed E-state index contributed by atoms with van der Waals surface area (Å²) in [6.07, 6.45) is 1.44. The van der Waals surface area contributed by atoms with Gasteiger partial charge in [-0.3, -0.25) is 0 Å². The first kappa shape index (κ1) is 16.4. The summed E-state index contributed by atoms with van der Waals surface area (Å²) < 4.78 is 23.3. The zero-order valence-electron chi connectivity index (χ0n) is 13.3. The molecule has 124 valence electrons. The van der Waals surface area contributed by atoms with Gasteiger partial charge in [0.05, 0.1) is 12.0 Å². The highest BCUT2D eigenvalue weighted by atomic mass is 19.1. The summed E-state index contributed by atoms with van der Waals surface area (Å²) in [6, 6.07) is 12.9. The molecule has 1 aromatic heterocycles. The average Bonchev–Trinajstić information content (AvgIpc) is 3.03. The van der Waals surface area contributed by atoms with Crippen molar-refractivity contribution in [2.24, 2.45) is 0 Å². The monoisotopic (exact) mass is 336 g/mol. The van der Waals surface area contributed by atoms with Gasteiger partial charge in [0, 0.05) is 5.56 Å². The molecule has 5 nitrogen and oxygen atoms in total. The van der Waals surface area contributed by atoms with E-state index in [0.717, 1.165) is 0 Å². The molecule has 3 aromatic rings. The Morgan fingerprint density at radius 3 is 2.76 bits per heavy atom. The number of carbonyl (C=O) groups is 1. The first-order valence-electron chi connectivity index (χ1n) is 7.56. The minimum absolute atomic E-state index is 0.0963. The number of halogens is 1. The molecular weight excluding hydrogens is 323 g/mol. The van der Waals surface area contributed by atoms with Crippen LogP contribution in [0.2, 0.25) is 0 Å². The van der Waals surface area contributed by atoms with Crippen LogP contribution in [0.4, 0.5) is 4.39 Å². The molecule has 0 fully saturated rings. The van der Waals surface area contributed by atoms with Crippen LogP contribution in [-0.4, -0.2) is 17.7 Å². The van der Waals surface area contributed by atoms with Crippen molar-refractivity contribution < 1.29 is 18.4 Å². The number of ether oxygens (including phenoxy) is 1. The molecule has 1 heterocycles. The van der Waals surface area contributed by atoms with Crippen LogP contribution < -0.4 is 0 Å². The fraction of sp³-hybridized carbons (Fsp3) is 0.105. The zero-order valence-corrected chi connectivity index (χ0v) is 13.3. The van der Waals surface area contributed by atoms with Crippen molar-refractivity contribution in [3.8, 4) is 17.4 Å². The van der Waals surface area contributed by atoms with Crippen molar-refractivity contribution >= 4 is 22.9 Å². The number of rotatable bonds is 4.